The second kappa shape index (κ2) is 4.49. The first kappa shape index (κ1) is 12.1. The van der Waals surface area contributed by atoms with Crippen molar-refractivity contribution < 1.29 is 9.90 Å². The molecule has 0 aliphatic rings. The van der Waals surface area contributed by atoms with Gasteiger partial charge in [-0.05, 0) is 36.3 Å². The summed E-state index contributed by atoms with van der Waals surface area (Å²) in [7, 11) is 0. The summed E-state index contributed by atoms with van der Waals surface area (Å²) < 4.78 is 1.07. The molecule has 0 aliphatic carbocycles. The van der Waals surface area contributed by atoms with Gasteiger partial charge in [0.25, 0.3) is 0 Å². The molecule has 0 amide bonds. The molecule has 3 heteroatoms. The number of carboxylic acid groups (broad SMARTS) is 1. The van der Waals surface area contributed by atoms with Gasteiger partial charge in [-0.15, -0.1) is 11.3 Å². The van der Waals surface area contributed by atoms with Crippen molar-refractivity contribution in [3.63, 3.8) is 0 Å². The number of hydrogen-bond acceptors (Lipinski definition) is 2. The van der Waals surface area contributed by atoms with Crippen molar-refractivity contribution in [3.05, 3.63) is 34.2 Å². The van der Waals surface area contributed by atoms with Crippen LogP contribution in [0.1, 0.15) is 34.6 Å². The predicted molar refractivity (Wildman–Crippen MR) is 72.1 cm³/mol. The molecule has 0 saturated heterocycles. The number of carbonyl (C=O) groups is 1. The van der Waals surface area contributed by atoms with Gasteiger partial charge in [-0.2, -0.15) is 0 Å². The summed E-state index contributed by atoms with van der Waals surface area (Å²) in [5.41, 5.74) is 2.17. The van der Waals surface area contributed by atoms with Crippen LogP contribution in [0.4, 0.5) is 0 Å². The summed E-state index contributed by atoms with van der Waals surface area (Å²) in [4.78, 5) is 11.8. The van der Waals surface area contributed by atoms with Crippen molar-refractivity contribution in [2.45, 2.75) is 27.2 Å². The molecule has 2 nitrogen and oxygen atoms in total. The van der Waals surface area contributed by atoms with Crippen LogP contribution in [-0.4, -0.2) is 11.1 Å². The molecule has 0 bridgehead atoms. The summed E-state index contributed by atoms with van der Waals surface area (Å²) in [5, 5.41) is 10.4. The van der Waals surface area contributed by atoms with Crippen molar-refractivity contribution in [3.8, 4) is 0 Å². The molecule has 0 aliphatic heterocycles. The third-order valence-electron chi connectivity index (χ3n) is 2.75. The van der Waals surface area contributed by atoms with Gasteiger partial charge >= 0.3 is 5.97 Å². The smallest absolute Gasteiger partial charge is 0.346 e. The van der Waals surface area contributed by atoms with Crippen LogP contribution >= 0.6 is 11.3 Å². The third-order valence-corrected chi connectivity index (χ3v) is 3.95. The highest BCUT2D eigenvalue weighted by atomic mass is 32.1. The highest BCUT2D eigenvalue weighted by Gasteiger charge is 2.18. The van der Waals surface area contributed by atoms with E-state index in [0.717, 1.165) is 22.1 Å². The molecule has 0 spiro atoms. The molecule has 1 aromatic heterocycles. The van der Waals surface area contributed by atoms with Crippen LogP contribution in [-0.2, 0) is 6.42 Å². The number of carboxylic acids is 1. The summed E-state index contributed by atoms with van der Waals surface area (Å²) in [5.74, 6) is -0.342. The molecule has 90 valence electrons. The van der Waals surface area contributed by atoms with Crippen LogP contribution in [0, 0.1) is 12.8 Å². The lowest BCUT2D eigenvalue weighted by Gasteiger charge is -2.05. The maximum absolute atomic E-state index is 11.3. The van der Waals surface area contributed by atoms with Crippen LogP contribution in [0.2, 0.25) is 0 Å². The van der Waals surface area contributed by atoms with Gasteiger partial charge in [0.05, 0.1) is 0 Å². The van der Waals surface area contributed by atoms with Gasteiger partial charge in [0.2, 0.25) is 0 Å². The van der Waals surface area contributed by atoms with Gasteiger partial charge in [0.1, 0.15) is 4.88 Å². The zero-order valence-electron chi connectivity index (χ0n) is 10.3. The Balaban J connectivity index is 2.68. The van der Waals surface area contributed by atoms with E-state index >= 15 is 0 Å². The van der Waals surface area contributed by atoms with Gasteiger partial charge in [-0.3, -0.25) is 0 Å². The van der Waals surface area contributed by atoms with Crippen molar-refractivity contribution in [2.75, 3.05) is 0 Å². The van der Waals surface area contributed by atoms with Crippen LogP contribution in [0.5, 0.6) is 0 Å². The van der Waals surface area contributed by atoms with E-state index in [4.69, 9.17) is 0 Å². The van der Waals surface area contributed by atoms with Crippen molar-refractivity contribution >= 4 is 27.4 Å². The van der Waals surface area contributed by atoms with E-state index in [0.29, 0.717) is 10.8 Å². The number of rotatable bonds is 3. The molecule has 1 N–H and O–H groups in total. The van der Waals surface area contributed by atoms with Crippen molar-refractivity contribution in [1.29, 1.82) is 0 Å². The molecular weight excluding hydrogens is 232 g/mol. The summed E-state index contributed by atoms with van der Waals surface area (Å²) >= 11 is 1.38. The fourth-order valence-corrected chi connectivity index (χ4v) is 3.10. The van der Waals surface area contributed by atoms with E-state index in [-0.39, 0.29) is 0 Å². The maximum atomic E-state index is 11.3. The highest BCUT2D eigenvalue weighted by molar-refractivity contribution is 7.21. The zero-order chi connectivity index (χ0) is 12.6. The average molecular weight is 248 g/mol. The number of benzene rings is 1. The number of thiophene rings is 1. The quantitative estimate of drug-likeness (QED) is 0.887. The molecule has 2 rings (SSSR count). The van der Waals surface area contributed by atoms with Crippen molar-refractivity contribution in [1.82, 2.24) is 0 Å². The normalized spacial score (nSPS) is 11.3. The Bertz CT molecular complexity index is 567. The minimum Gasteiger partial charge on any atom is -0.477 e. The molecule has 1 aromatic carbocycles. The van der Waals surface area contributed by atoms with Gasteiger partial charge < -0.3 is 5.11 Å². The molecule has 17 heavy (non-hydrogen) atoms. The van der Waals surface area contributed by atoms with E-state index < -0.39 is 5.97 Å². The Kier molecular flexibility index (Phi) is 3.20. The first-order valence-electron chi connectivity index (χ1n) is 5.74. The first-order valence-corrected chi connectivity index (χ1v) is 6.56. The van der Waals surface area contributed by atoms with E-state index in [1.54, 1.807) is 0 Å². The second-order valence-corrected chi connectivity index (χ2v) is 5.86. The second-order valence-electron chi connectivity index (χ2n) is 4.81. The highest BCUT2D eigenvalue weighted by Crippen LogP contribution is 2.33. The number of aromatic carboxylic acids is 1. The maximum Gasteiger partial charge on any atom is 0.346 e. The standard InChI is InChI=1S/C14H16O2S/c1-8(2)6-11-10-7-9(3)4-5-12(10)17-13(11)14(15)16/h4-5,7-8H,6H2,1-3H3,(H,15,16). The Morgan fingerprint density at radius 1 is 1.41 bits per heavy atom. The number of fused-ring (bicyclic) bond motifs is 1. The molecule has 0 saturated carbocycles. The SMILES string of the molecule is Cc1ccc2sc(C(=O)O)c(CC(C)C)c2c1. The Hall–Kier alpha value is -1.35. The molecule has 2 aromatic rings. The lowest BCUT2D eigenvalue weighted by molar-refractivity contribution is 0.0701. The molecule has 0 radical (unpaired) electrons. The van der Waals surface area contributed by atoms with E-state index in [1.165, 1.54) is 16.9 Å². The lowest BCUT2D eigenvalue weighted by atomic mass is 9.99. The number of hydrogen-bond donors (Lipinski definition) is 1. The largest absolute Gasteiger partial charge is 0.477 e. The predicted octanol–water partition coefficient (Wildman–Crippen LogP) is 4.11. The minimum absolute atomic E-state index is 0.464. The topological polar surface area (TPSA) is 37.3 Å². The fraction of sp³-hybridized carbons (Fsp3) is 0.357. The van der Waals surface area contributed by atoms with Crippen molar-refractivity contribution in [2.24, 2.45) is 5.92 Å². The first-order chi connectivity index (χ1) is 7.99. The third kappa shape index (κ3) is 2.34. The Labute approximate surface area is 105 Å². The van der Waals surface area contributed by atoms with Gasteiger partial charge in [-0.25, -0.2) is 4.79 Å². The van der Waals surface area contributed by atoms with E-state index in [9.17, 15) is 9.90 Å². The fourth-order valence-electron chi connectivity index (χ4n) is 2.05. The lowest BCUT2D eigenvalue weighted by Crippen LogP contribution is -2.01. The van der Waals surface area contributed by atoms with Crippen LogP contribution in [0.25, 0.3) is 10.1 Å². The minimum atomic E-state index is -0.806. The van der Waals surface area contributed by atoms with E-state index in [1.807, 2.05) is 19.1 Å². The van der Waals surface area contributed by atoms with Crippen LogP contribution < -0.4 is 0 Å². The Morgan fingerprint density at radius 3 is 2.71 bits per heavy atom. The molecule has 1 heterocycles. The summed E-state index contributed by atoms with van der Waals surface area (Å²) in [6, 6.07) is 6.14. The monoisotopic (exact) mass is 248 g/mol. The van der Waals surface area contributed by atoms with Gasteiger partial charge in [0, 0.05) is 4.70 Å². The molecule has 0 atom stereocenters. The summed E-state index contributed by atoms with van der Waals surface area (Å²) in [6.45, 7) is 6.27. The van der Waals surface area contributed by atoms with Crippen LogP contribution in [0.15, 0.2) is 18.2 Å². The molecule has 0 unspecified atom stereocenters. The molecular formula is C14H16O2S. The molecule has 0 fully saturated rings. The number of aryl methyl sites for hydroxylation is 1. The van der Waals surface area contributed by atoms with E-state index in [2.05, 4.69) is 19.9 Å². The summed E-state index contributed by atoms with van der Waals surface area (Å²) in [6.07, 6.45) is 0.824. The average Bonchev–Trinajstić information content (AvgIpc) is 2.56. The van der Waals surface area contributed by atoms with Gasteiger partial charge in [0.15, 0.2) is 0 Å². The zero-order valence-corrected chi connectivity index (χ0v) is 11.1. The Morgan fingerprint density at radius 2 is 2.12 bits per heavy atom. The van der Waals surface area contributed by atoms with Crippen LogP contribution in [0.3, 0.4) is 0 Å². The van der Waals surface area contributed by atoms with Gasteiger partial charge in [-0.1, -0.05) is 31.5 Å².